The number of aliphatic hydroxyl groups excluding tert-OH is 3. The second-order valence-electron chi connectivity index (χ2n) is 34.6. The van der Waals surface area contributed by atoms with Gasteiger partial charge in [0, 0.05) is 37.2 Å². The zero-order valence-corrected chi connectivity index (χ0v) is 96.0. The molecule has 0 atom stereocenters. The number of hydrogen-bond donors (Lipinski definition) is 6. The molecule has 0 amide bonds. The van der Waals surface area contributed by atoms with Crippen molar-refractivity contribution in [3.05, 3.63) is 72.9 Å². The summed E-state index contributed by atoms with van der Waals surface area (Å²) in [6.07, 6.45) is 121. The zero-order valence-electron chi connectivity index (χ0n) is 88.0. The first-order valence-corrected chi connectivity index (χ1v) is 52.9. The van der Waals surface area contributed by atoms with Gasteiger partial charge in [0.15, 0.2) is 0 Å². The van der Waals surface area contributed by atoms with Gasteiger partial charge in [0.2, 0.25) is 0 Å². The number of allylic oxidation sites excluding steroid dienone is 12. The summed E-state index contributed by atoms with van der Waals surface area (Å²) in [6.45, 7) is 17.0. The molecule has 7 N–H and O–H groups in total. The van der Waals surface area contributed by atoms with Crippen LogP contribution in [0, 0.1) is 0 Å². The Labute approximate surface area is 893 Å². The summed E-state index contributed by atoms with van der Waals surface area (Å²) < 4.78 is 0. The van der Waals surface area contributed by atoms with Gasteiger partial charge in [0.25, 0.3) is 0 Å². The first-order chi connectivity index (χ1) is 60.8. The molecule has 130 heavy (non-hydrogen) atoms. The number of unbranched alkanes of at least 4 members (excludes halogenated alkanes) is 62. The molecule has 0 radical (unpaired) electrons. The number of aliphatic hydroxyl groups is 3. The summed E-state index contributed by atoms with van der Waals surface area (Å²) in [4.78, 5) is 61.6. The molecule has 0 heterocycles. The Morgan fingerprint density at radius 2 is 0.323 bits per heavy atom. The van der Waals surface area contributed by atoms with E-state index in [0.29, 0.717) is 19.3 Å². The standard InChI is InChI=1S/2C18H34O2.2C18H32O2.2C16H32O2.C3H8O3.C3H8.4Na.H2O/c4*1-2-3-4-5-6-7-8-9-10-11-12-13-14-15-16-17-18(19)20;2*1-2-3-4-5-6-7-8-9-10-11-12-13-14-15-16(17)18;4-1-3(6)2-5;1-3-2;;;;;/h2*9-10H,2-8,11-17H2,1H3,(H,19,20);2*6-7,9-10H,2-5,8,11-17H2,1H3,(H,19,20);2*2-15H2,1H3,(H,17,18);3-6H,1-2H2;3H2,1-2H3;;;;;1H2/q;;;;;;;;4*+1;/p-4/b2*10-9-;2*7-6-,10-9-;;;;;;;;;. The quantitative estimate of drug-likeness (QED) is 0.0187. The molecule has 20 heteroatoms. The Hall–Kier alpha value is -0.900. The van der Waals surface area contributed by atoms with Gasteiger partial charge in [-0.25, -0.2) is 0 Å². The molecule has 0 saturated heterocycles. The van der Waals surface area contributed by atoms with E-state index >= 15 is 0 Å². The second kappa shape index (κ2) is 156. The molecule has 0 bridgehead atoms. The van der Waals surface area contributed by atoms with E-state index in [-0.39, 0.29) is 156 Å². The predicted octanol–water partition coefficient (Wildman–Crippen LogP) is 18.7. The maximum absolute atomic E-state index is 10.3. The molecule has 0 unspecified atom stereocenters. The summed E-state index contributed by atoms with van der Waals surface area (Å²) in [5.41, 5.74) is 0. The van der Waals surface area contributed by atoms with Crippen LogP contribution in [0.4, 0.5) is 0 Å². The third-order valence-corrected chi connectivity index (χ3v) is 21.4. The summed E-state index contributed by atoms with van der Waals surface area (Å²) in [6, 6.07) is 0. The van der Waals surface area contributed by atoms with Gasteiger partial charge in [0.1, 0.15) is 6.10 Å². The molecule has 0 aliphatic heterocycles. The minimum absolute atomic E-state index is 0. The molecule has 0 rings (SSSR count). The van der Waals surface area contributed by atoms with Crippen molar-refractivity contribution >= 4 is 35.8 Å². The van der Waals surface area contributed by atoms with E-state index in [2.05, 4.69) is 128 Å². The summed E-state index contributed by atoms with van der Waals surface area (Å²) in [5, 5.41) is 80.1. The first kappa shape index (κ1) is 157. The topological polar surface area (TPSA) is 323 Å². The van der Waals surface area contributed by atoms with Crippen molar-refractivity contribution in [2.45, 2.75) is 582 Å². The van der Waals surface area contributed by atoms with E-state index in [1.165, 1.54) is 366 Å². The first-order valence-electron chi connectivity index (χ1n) is 52.9. The van der Waals surface area contributed by atoms with Gasteiger partial charge in [0.05, 0.1) is 13.2 Å². The van der Waals surface area contributed by atoms with Crippen LogP contribution in [0.3, 0.4) is 0 Å². The largest absolute Gasteiger partial charge is 1.00 e. The van der Waals surface area contributed by atoms with Crippen LogP contribution in [0.1, 0.15) is 575 Å². The van der Waals surface area contributed by atoms with Crippen LogP contribution >= 0.6 is 0 Å². The average Bonchev–Trinajstić information content (AvgIpc) is 1.11. The van der Waals surface area contributed by atoms with Gasteiger partial charge in [-0.1, -0.05) is 456 Å². The minimum atomic E-state index is -0.954. The van der Waals surface area contributed by atoms with E-state index in [4.69, 9.17) is 30.6 Å². The summed E-state index contributed by atoms with van der Waals surface area (Å²) in [5.74, 6) is -4.73. The average molecular weight is 1880 g/mol. The van der Waals surface area contributed by atoms with Crippen molar-refractivity contribution in [1.29, 1.82) is 0 Å². The molecule has 750 valence electrons. The molecular weight excluding hydrogens is 1670 g/mol. The van der Waals surface area contributed by atoms with Gasteiger partial charge >= 0.3 is 136 Å². The van der Waals surface area contributed by atoms with Crippen molar-refractivity contribution in [1.82, 2.24) is 0 Å². The molecule has 16 nitrogen and oxygen atoms in total. The van der Waals surface area contributed by atoms with Crippen molar-refractivity contribution in [3.63, 3.8) is 0 Å². The van der Waals surface area contributed by atoms with Crippen LogP contribution in [0.2, 0.25) is 0 Å². The van der Waals surface area contributed by atoms with Gasteiger partial charge < -0.3 is 65.8 Å². The van der Waals surface area contributed by atoms with Crippen molar-refractivity contribution < 1.29 is 198 Å². The number of hydrogen-bond acceptors (Lipinski definition) is 13. The van der Waals surface area contributed by atoms with Crippen LogP contribution < -0.4 is 134 Å². The Kier molecular flexibility index (Phi) is 189. The second-order valence-corrected chi connectivity index (χ2v) is 34.6. The summed E-state index contributed by atoms with van der Waals surface area (Å²) in [7, 11) is 0. The van der Waals surface area contributed by atoms with E-state index in [1.54, 1.807) is 0 Å². The fourth-order valence-corrected chi connectivity index (χ4v) is 13.5. The Bertz CT molecular complexity index is 2100. The SMILES string of the molecule is CCC.CCCCC/C=C\C/C=C\CCCCCCCC(=O)O.CCCCC/C=C\C/C=C\CCCCCCCC(=O)[O-].CCCCCCCC/C=C\CCCCCCCC(=O)O.CCCCCCCC/C=C\CCCCCCCC(=O)[O-].CCCCCCCCCCCCCCCC(=O)O.CCCCCCCCCCCCCCCC(=O)[O-].OCC(O)CO.[Na+].[Na+].[Na+].[Na+].[OH-]. The van der Waals surface area contributed by atoms with Gasteiger partial charge in [-0.2, -0.15) is 0 Å². The van der Waals surface area contributed by atoms with Crippen molar-refractivity contribution in [3.8, 4) is 0 Å². The maximum Gasteiger partial charge on any atom is 1.00 e. The van der Waals surface area contributed by atoms with Gasteiger partial charge in [-0.15, -0.1) is 0 Å². The maximum atomic E-state index is 10.3. The summed E-state index contributed by atoms with van der Waals surface area (Å²) >= 11 is 0. The van der Waals surface area contributed by atoms with E-state index < -0.39 is 41.9 Å². The van der Waals surface area contributed by atoms with Crippen LogP contribution in [-0.2, 0) is 28.8 Å². The molecular formula is C110H210Na4O16. The van der Waals surface area contributed by atoms with Crippen molar-refractivity contribution in [2.24, 2.45) is 0 Å². The molecule has 0 fully saturated rings. The Balaban J connectivity index is -0.000000112. The zero-order chi connectivity index (χ0) is 94.2. The third kappa shape index (κ3) is 198. The number of carbonyl (C=O) groups excluding carboxylic acids is 3. The monoisotopic (exact) mass is 1880 g/mol. The van der Waals surface area contributed by atoms with Gasteiger partial charge in [-0.05, 0) is 173 Å². The minimum Gasteiger partial charge on any atom is -0.870 e. The Morgan fingerprint density at radius 1 is 0.208 bits per heavy atom. The molecule has 0 spiro atoms. The fourth-order valence-electron chi connectivity index (χ4n) is 13.5. The molecule has 0 aromatic carbocycles. The van der Waals surface area contributed by atoms with Crippen LogP contribution in [0.5, 0.6) is 0 Å². The predicted molar refractivity (Wildman–Crippen MR) is 534 cm³/mol. The Morgan fingerprint density at radius 3 is 0.454 bits per heavy atom. The van der Waals surface area contributed by atoms with E-state index in [0.717, 1.165) is 116 Å². The van der Waals surface area contributed by atoms with E-state index in [1.807, 2.05) is 0 Å². The number of rotatable bonds is 88. The van der Waals surface area contributed by atoms with Crippen LogP contribution in [0.15, 0.2) is 72.9 Å². The molecule has 0 aromatic rings. The fraction of sp³-hybridized carbons (Fsp3) is 0.836. The van der Waals surface area contributed by atoms with Crippen molar-refractivity contribution in [2.75, 3.05) is 13.2 Å². The number of carboxylic acid groups (broad SMARTS) is 6. The van der Waals surface area contributed by atoms with Crippen LogP contribution in [0.25, 0.3) is 0 Å². The smallest absolute Gasteiger partial charge is 0.870 e. The number of carbonyl (C=O) groups is 6. The molecule has 0 aromatic heterocycles. The molecule has 0 aliphatic rings. The van der Waals surface area contributed by atoms with E-state index in [9.17, 15) is 44.1 Å². The molecule has 0 aliphatic carbocycles. The normalized spacial score (nSPS) is 10.6. The van der Waals surface area contributed by atoms with Crippen LogP contribution in [-0.4, -0.2) is 91.2 Å². The molecule has 0 saturated carbocycles. The number of carboxylic acids is 6. The number of aliphatic carboxylic acids is 6. The third-order valence-electron chi connectivity index (χ3n) is 21.4. The van der Waals surface area contributed by atoms with Gasteiger partial charge in [-0.3, -0.25) is 14.4 Å².